The number of carbonyl (C=O) groups excluding carboxylic acids is 1. The van der Waals surface area contributed by atoms with Gasteiger partial charge in [-0.1, -0.05) is 12.1 Å². The van der Waals surface area contributed by atoms with Crippen molar-refractivity contribution in [2.75, 3.05) is 18.4 Å². The second kappa shape index (κ2) is 9.73. The molecule has 30 heavy (non-hydrogen) atoms. The van der Waals surface area contributed by atoms with Crippen LogP contribution in [0, 0.1) is 5.92 Å². The summed E-state index contributed by atoms with van der Waals surface area (Å²) in [4.78, 5) is 31.6. The van der Waals surface area contributed by atoms with Crippen molar-refractivity contribution in [3.05, 3.63) is 78.6 Å². The van der Waals surface area contributed by atoms with Gasteiger partial charge in [-0.25, -0.2) is 15.0 Å². The smallest absolute Gasteiger partial charge is 0.246 e. The first-order chi connectivity index (χ1) is 14.8. The Labute approximate surface area is 175 Å². The first kappa shape index (κ1) is 19.7. The lowest BCUT2D eigenvalue weighted by molar-refractivity contribution is -0.127. The molecule has 1 fully saturated rings. The largest absolute Gasteiger partial charge is 0.339 e. The van der Waals surface area contributed by atoms with Crippen molar-refractivity contribution in [1.82, 2.24) is 24.8 Å². The number of rotatable bonds is 6. The van der Waals surface area contributed by atoms with Crippen molar-refractivity contribution < 1.29 is 4.79 Å². The van der Waals surface area contributed by atoms with Crippen molar-refractivity contribution in [3.8, 4) is 0 Å². The van der Waals surface area contributed by atoms with Crippen molar-refractivity contribution in [3.63, 3.8) is 0 Å². The van der Waals surface area contributed by atoms with E-state index in [-0.39, 0.29) is 5.91 Å². The number of piperidine rings is 1. The number of pyridine rings is 2. The molecule has 0 bridgehead atoms. The molecular formula is C23H24N6O. The van der Waals surface area contributed by atoms with Gasteiger partial charge in [-0.3, -0.25) is 9.78 Å². The van der Waals surface area contributed by atoms with Crippen LogP contribution in [0.25, 0.3) is 6.08 Å². The lowest BCUT2D eigenvalue weighted by Gasteiger charge is -2.32. The summed E-state index contributed by atoms with van der Waals surface area (Å²) in [6.45, 7) is 1.53. The predicted octanol–water partition coefficient (Wildman–Crippen LogP) is 3.50. The molecule has 3 aromatic rings. The molecule has 1 N–H and O–H groups in total. The third-order valence-corrected chi connectivity index (χ3v) is 5.08. The minimum atomic E-state index is 0.0451. The Bertz CT molecular complexity index is 993. The number of hydrogen-bond acceptors (Lipinski definition) is 6. The van der Waals surface area contributed by atoms with Crippen LogP contribution < -0.4 is 5.32 Å². The zero-order valence-electron chi connectivity index (χ0n) is 16.7. The molecule has 0 spiro atoms. The molecule has 4 heterocycles. The Morgan fingerprint density at radius 2 is 2.10 bits per heavy atom. The van der Waals surface area contributed by atoms with Gasteiger partial charge in [-0.05, 0) is 55.0 Å². The van der Waals surface area contributed by atoms with Crippen LogP contribution in [0.4, 0.5) is 11.6 Å². The zero-order chi connectivity index (χ0) is 20.6. The second-order valence-corrected chi connectivity index (χ2v) is 7.35. The van der Waals surface area contributed by atoms with Crippen LogP contribution in [0.5, 0.6) is 0 Å². The van der Waals surface area contributed by atoms with Gasteiger partial charge in [0.15, 0.2) is 0 Å². The maximum Gasteiger partial charge on any atom is 0.246 e. The first-order valence-corrected chi connectivity index (χ1v) is 10.1. The highest BCUT2D eigenvalue weighted by molar-refractivity contribution is 5.91. The first-order valence-electron chi connectivity index (χ1n) is 10.1. The Kier molecular flexibility index (Phi) is 6.39. The number of aromatic nitrogens is 4. The fourth-order valence-electron chi connectivity index (χ4n) is 3.62. The van der Waals surface area contributed by atoms with E-state index < -0.39 is 0 Å². The molecule has 1 amide bonds. The van der Waals surface area contributed by atoms with Gasteiger partial charge in [0.2, 0.25) is 5.91 Å². The maximum absolute atomic E-state index is 12.6. The van der Waals surface area contributed by atoms with Crippen LogP contribution in [0.1, 0.15) is 24.1 Å². The van der Waals surface area contributed by atoms with E-state index in [4.69, 9.17) is 0 Å². The second-order valence-electron chi connectivity index (χ2n) is 7.35. The molecule has 0 saturated carbocycles. The van der Waals surface area contributed by atoms with Crippen molar-refractivity contribution in [2.24, 2.45) is 5.92 Å². The summed E-state index contributed by atoms with van der Waals surface area (Å²) in [6, 6.07) is 11.4. The number of nitrogens with zero attached hydrogens (tertiary/aromatic N) is 5. The number of nitrogens with one attached hydrogen (secondary N) is 1. The van der Waals surface area contributed by atoms with Gasteiger partial charge in [-0.2, -0.15) is 0 Å². The van der Waals surface area contributed by atoms with E-state index >= 15 is 0 Å². The van der Waals surface area contributed by atoms with E-state index in [1.165, 1.54) is 0 Å². The van der Waals surface area contributed by atoms with Gasteiger partial charge in [0.05, 0.1) is 0 Å². The Morgan fingerprint density at radius 3 is 2.93 bits per heavy atom. The van der Waals surface area contributed by atoms with E-state index in [0.29, 0.717) is 5.92 Å². The van der Waals surface area contributed by atoms with Crippen LogP contribution in [0.3, 0.4) is 0 Å². The molecule has 0 unspecified atom stereocenters. The molecule has 0 radical (unpaired) electrons. The zero-order valence-corrected chi connectivity index (χ0v) is 16.7. The normalized spacial score (nSPS) is 16.5. The molecule has 1 saturated heterocycles. The van der Waals surface area contributed by atoms with E-state index in [2.05, 4.69) is 25.3 Å². The molecule has 152 valence electrons. The van der Waals surface area contributed by atoms with Gasteiger partial charge < -0.3 is 10.2 Å². The molecular weight excluding hydrogens is 376 g/mol. The standard InChI is InChI=1S/C23H24N6O/c30-23(9-8-18-5-3-10-24-15-18)29-12-4-6-19(16-29)13-20-14-22(27-17-26-20)28-21-7-1-2-11-25-21/h1-3,5,7-11,14-15,17,19H,4,6,12-13,16H2,(H,25,26,27,28)/b9-8+/t19-/m1/s1. The topological polar surface area (TPSA) is 83.9 Å². The van der Waals surface area contributed by atoms with Gasteiger partial charge in [-0.15, -0.1) is 0 Å². The summed E-state index contributed by atoms with van der Waals surface area (Å²) in [5.41, 5.74) is 1.89. The predicted molar refractivity (Wildman–Crippen MR) is 116 cm³/mol. The summed E-state index contributed by atoms with van der Waals surface area (Å²) in [7, 11) is 0. The molecule has 0 aliphatic carbocycles. The number of anilines is 2. The van der Waals surface area contributed by atoms with Gasteiger partial charge in [0.25, 0.3) is 0 Å². The average molecular weight is 400 g/mol. The van der Waals surface area contributed by atoms with E-state index in [0.717, 1.165) is 55.2 Å². The number of carbonyl (C=O) groups is 1. The highest BCUT2D eigenvalue weighted by Gasteiger charge is 2.23. The molecule has 7 heteroatoms. The fourth-order valence-corrected chi connectivity index (χ4v) is 3.62. The van der Waals surface area contributed by atoms with Gasteiger partial charge in [0.1, 0.15) is 18.0 Å². The summed E-state index contributed by atoms with van der Waals surface area (Å²) < 4.78 is 0. The van der Waals surface area contributed by atoms with Crippen molar-refractivity contribution in [1.29, 1.82) is 0 Å². The number of likely N-dealkylation sites (tertiary alicyclic amines) is 1. The third-order valence-electron chi connectivity index (χ3n) is 5.08. The average Bonchev–Trinajstić information content (AvgIpc) is 2.79. The highest BCUT2D eigenvalue weighted by Crippen LogP contribution is 2.22. The highest BCUT2D eigenvalue weighted by atomic mass is 16.2. The molecule has 0 aromatic carbocycles. The molecule has 1 aliphatic rings. The van der Waals surface area contributed by atoms with Crippen molar-refractivity contribution in [2.45, 2.75) is 19.3 Å². The molecule has 7 nitrogen and oxygen atoms in total. The molecule has 1 aliphatic heterocycles. The van der Waals surface area contributed by atoms with E-state index in [1.807, 2.05) is 47.4 Å². The van der Waals surface area contributed by atoms with Crippen LogP contribution in [0.2, 0.25) is 0 Å². The maximum atomic E-state index is 12.6. The van der Waals surface area contributed by atoms with Crippen LogP contribution in [0.15, 0.2) is 67.4 Å². The summed E-state index contributed by atoms with van der Waals surface area (Å²) in [5.74, 6) is 1.90. The quantitative estimate of drug-likeness (QED) is 0.638. The lowest BCUT2D eigenvalue weighted by Crippen LogP contribution is -2.39. The van der Waals surface area contributed by atoms with Crippen LogP contribution in [-0.4, -0.2) is 43.8 Å². The SMILES string of the molecule is O=C(/C=C/c1cccnc1)N1CCC[C@H](Cc2cc(Nc3ccccn3)ncn2)C1. The summed E-state index contributed by atoms with van der Waals surface area (Å²) in [6.07, 6.45) is 13.1. The van der Waals surface area contributed by atoms with Gasteiger partial charge in [0, 0.05) is 49.5 Å². The fraction of sp³-hybridized carbons (Fsp3) is 0.261. The monoisotopic (exact) mass is 400 g/mol. The van der Waals surface area contributed by atoms with Crippen LogP contribution in [-0.2, 0) is 11.2 Å². The molecule has 3 aromatic heterocycles. The number of hydrogen-bond donors (Lipinski definition) is 1. The van der Waals surface area contributed by atoms with Crippen LogP contribution >= 0.6 is 0 Å². The third kappa shape index (κ3) is 5.47. The van der Waals surface area contributed by atoms with Gasteiger partial charge >= 0.3 is 0 Å². The molecule has 4 rings (SSSR count). The Morgan fingerprint density at radius 1 is 1.13 bits per heavy atom. The minimum absolute atomic E-state index is 0.0451. The summed E-state index contributed by atoms with van der Waals surface area (Å²) >= 11 is 0. The molecule has 1 atom stereocenters. The minimum Gasteiger partial charge on any atom is -0.339 e. The van der Waals surface area contributed by atoms with E-state index in [1.54, 1.807) is 31.0 Å². The lowest BCUT2D eigenvalue weighted by atomic mass is 9.93. The summed E-state index contributed by atoms with van der Waals surface area (Å²) in [5, 5.41) is 3.20. The van der Waals surface area contributed by atoms with E-state index in [9.17, 15) is 4.79 Å². The number of amides is 1. The Balaban J connectivity index is 1.35. The van der Waals surface area contributed by atoms with Crippen molar-refractivity contribution >= 4 is 23.6 Å². The Hall–Kier alpha value is -3.61.